The molecule has 0 aliphatic heterocycles. The van der Waals surface area contributed by atoms with E-state index in [4.69, 9.17) is 0 Å². The fourth-order valence-corrected chi connectivity index (χ4v) is 3.28. The Balaban J connectivity index is 2.05. The van der Waals surface area contributed by atoms with E-state index in [0.717, 1.165) is 0 Å². The Hall–Kier alpha value is -2.29. The van der Waals surface area contributed by atoms with Crippen LogP contribution in [0.1, 0.15) is 15.9 Å². The number of hydrogen-bond acceptors (Lipinski definition) is 4. The molecular weight excluding hydrogens is 357 g/mol. The molecule has 0 bridgehead atoms. The Bertz CT molecular complexity index is 869. The van der Waals surface area contributed by atoms with Gasteiger partial charge in [-0.25, -0.2) is 17.5 Å². The van der Waals surface area contributed by atoms with Gasteiger partial charge < -0.3 is 10.2 Å². The van der Waals surface area contributed by atoms with Gasteiger partial charge in [0, 0.05) is 30.8 Å². The molecule has 2 rings (SSSR count). The molecule has 6 nitrogen and oxygen atoms in total. The second kappa shape index (κ2) is 8.88. The number of carbonyl (C=O) groups is 1. The molecule has 2 aromatic rings. The molecule has 0 unspecified atom stereocenters. The Morgan fingerprint density at radius 1 is 1.12 bits per heavy atom. The number of nitrogens with one attached hydrogen (secondary N) is 2. The van der Waals surface area contributed by atoms with Crippen molar-refractivity contribution >= 4 is 15.9 Å². The van der Waals surface area contributed by atoms with Crippen LogP contribution in [0.15, 0.2) is 53.4 Å². The maximum absolute atomic E-state index is 13.6. The van der Waals surface area contributed by atoms with Crippen molar-refractivity contribution in [2.24, 2.45) is 0 Å². The lowest BCUT2D eigenvalue weighted by molar-refractivity contribution is 0.0950. The summed E-state index contributed by atoms with van der Waals surface area (Å²) < 4.78 is 40.7. The SMILES string of the molecule is CN(C)CCNS(=O)(=O)c1cccc(C(=O)NCc2ccccc2F)c1. The van der Waals surface area contributed by atoms with Crippen molar-refractivity contribution in [1.29, 1.82) is 0 Å². The van der Waals surface area contributed by atoms with Gasteiger partial charge in [0.05, 0.1) is 4.90 Å². The van der Waals surface area contributed by atoms with Crippen LogP contribution in [0.4, 0.5) is 4.39 Å². The summed E-state index contributed by atoms with van der Waals surface area (Å²) in [4.78, 5) is 14.1. The number of hydrogen-bond donors (Lipinski definition) is 2. The normalized spacial score (nSPS) is 11.5. The molecule has 2 aromatic carbocycles. The average molecular weight is 379 g/mol. The second-order valence-electron chi connectivity index (χ2n) is 6.00. The van der Waals surface area contributed by atoms with Gasteiger partial charge in [0.2, 0.25) is 10.0 Å². The van der Waals surface area contributed by atoms with Crippen molar-refractivity contribution in [2.75, 3.05) is 27.2 Å². The summed E-state index contributed by atoms with van der Waals surface area (Å²) in [5, 5.41) is 2.59. The zero-order valence-corrected chi connectivity index (χ0v) is 15.5. The quantitative estimate of drug-likeness (QED) is 0.730. The van der Waals surface area contributed by atoms with Gasteiger partial charge in [-0.2, -0.15) is 0 Å². The summed E-state index contributed by atoms with van der Waals surface area (Å²) in [6.07, 6.45) is 0. The molecule has 8 heteroatoms. The lowest BCUT2D eigenvalue weighted by atomic mass is 10.2. The zero-order chi connectivity index (χ0) is 19.2. The first-order valence-electron chi connectivity index (χ1n) is 8.05. The minimum atomic E-state index is -3.70. The number of benzene rings is 2. The third-order valence-corrected chi connectivity index (χ3v) is 5.11. The van der Waals surface area contributed by atoms with Gasteiger partial charge in [-0.3, -0.25) is 4.79 Å². The number of likely N-dealkylation sites (N-methyl/N-ethyl adjacent to an activating group) is 1. The molecule has 1 amide bonds. The van der Waals surface area contributed by atoms with Crippen molar-refractivity contribution in [1.82, 2.24) is 14.9 Å². The molecule has 0 radical (unpaired) electrons. The monoisotopic (exact) mass is 379 g/mol. The maximum atomic E-state index is 13.6. The molecule has 0 heterocycles. The lowest BCUT2D eigenvalue weighted by Crippen LogP contribution is -2.31. The predicted molar refractivity (Wildman–Crippen MR) is 97.8 cm³/mol. The number of nitrogens with zero attached hydrogens (tertiary/aromatic N) is 1. The minimum absolute atomic E-state index is 0.00907. The van der Waals surface area contributed by atoms with Crippen molar-refractivity contribution in [2.45, 2.75) is 11.4 Å². The predicted octanol–water partition coefficient (Wildman–Crippen LogP) is 1.60. The molecule has 0 aliphatic rings. The van der Waals surface area contributed by atoms with Crippen LogP contribution in [-0.4, -0.2) is 46.4 Å². The second-order valence-corrected chi connectivity index (χ2v) is 7.77. The number of carbonyl (C=O) groups excluding carboxylic acids is 1. The van der Waals surface area contributed by atoms with E-state index in [0.29, 0.717) is 12.1 Å². The van der Waals surface area contributed by atoms with Crippen LogP contribution in [0.3, 0.4) is 0 Å². The van der Waals surface area contributed by atoms with E-state index < -0.39 is 21.7 Å². The van der Waals surface area contributed by atoms with E-state index in [1.165, 1.54) is 30.3 Å². The zero-order valence-electron chi connectivity index (χ0n) is 14.7. The summed E-state index contributed by atoms with van der Waals surface area (Å²) in [6, 6.07) is 11.9. The Morgan fingerprint density at radius 2 is 1.85 bits per heavy atom. The van der Waals surface area contributed by atoms with Crippen LogP contribution in [0.2, 0.25) is 0 Å². The van der Waals surface area contributed by atoms with E-state index in [1.807, 2.05) is 19.0 Å². The topological polar surface area (TPSA) is 78.5 Å². The van der Waals surface area contributed by atoms with Crippen molar-refractivity contribution in [3.63, 3.8) is 0 Å². The molecule has 140 valence electrons. The van der Waals surface area contributed by atoms with Crippen LogP contribution >= 0.6 is 0 Å². The van der Waals surface area contributed by atoms with Crippen LogP contribution in [0.5, 0.6) is 0 Å². The van der Waals surface area contributed by atoms with E-state index >= 15 is 0 Å². The summed E-state index contributed by atoms with van der Waals surface area (Å²) in [6.45, 7) is 0.838. The first-order valence-corrected chi connectivity index (χ1v) is 9.54. The highest BCUT2D eigenvalue weighted by atomic mass is 32.2. The largest absolute Gasteiger partial charge is 0.348 e. The fourth-order valence-electron chi connectivity index (χ4n) is 2.21. The van der Waals surface area contributed by atoms with Crippen molar-refractivity contribution in [3.8, 4) is 0 Å². The molecule has 2 N–H and O–H groups in total. The minimum Gasteiger partial charge on any atom is -0.348 e. The van der Waals surface area contributed by atoms with Crippen molar-refractivity contribution < 1.29 is 17.6 Å². The van der Waals surface area contributed by atoms with Gasteiger partial charge in [-0.15, -0.1) is 0 Å². The third kappa shape index (κ3) is 5.62. The molecule has 26 heavy (non-hydrogen) atoms. The smallest absolute Gasteiger partial charge is 0.251 e. The Labute approximate surface area is 153 Å². The van der Waals surface area contributed by atoms with Gasteiger partial charge in [-0.1, -0.05) is 24.3 Å². The number of amides is 1. The molecular formula is C18H22FN3O3S. The summed E-state index contributed by atoms with van der Waals surface area (Å²) in [5.41, 5.74) is 0.548. The summed E-state index contributed by atoms with van der Waals surface area (Å²) in [5.74, 6) is -0.882. The van der Waals surface area contributed by atoms with Gasteiger partial charge in [-0.05, 0) is 38.4 Å². The lowest BCUT2D eigenvalue weighted by Gasteiger charge is -2.12. The Morgan fingerprint density at radius 3 is 2.54 bits per heavy atom. The molecule has 0 aliphatic carbocycles. The number of halogens is 1. The van der Waals surface area contributed by atoms with Crippen molar-refractivity contribution in [3.05, 3.63) is 65.5 Å². The molecule has 0 spiro atoms. The number of rotatable bonds is 8. The van der Waals surface area contributed by atoms with Gasteiger partial charge in [0.1, 0.15) is 5.82 Å². The van der Waals surface area contributed by atoms with Crippen LogP contribution < -0.4 is 10.0 Å². The molecule has 0 fully saturated rings. The third-order valence-electron chi connectivity index (χ3n) is 3.65. The average Bonchev–Trinajstić information content (AvgIpc) is 2.60. The fraction of sp³-hybridized carbons (Fsp3) is 0.278. The van der Waals surface area contributed by atoms with Gasteiger partial charge >= 0.3 is 0 Å². The molecule has 0 saturated heterocycles. The summed E-state index contributed by atoms with van der Waals surface area (Å²) >= 11 is 0. The maximum Gasteiger partial charge on any atom is 0.251 e. The highest BCUT2D eigenvalue weighted by Crippen LogP contribution is 2.12. The molecule has 0 saturated carbocycles. The van der Waals surface area contributed by atoms with Crippen LogP contribution in [0.25, 0.3) is 0 Å². The standard InChI is InChI=1S/C18H22FN3O3S/c1-22(2)11-10-21-26(24,25)16-8-5-7-14(12-16)18(23)20-13-15-6-3-4-9-17(15)19/h3-9,12,21H,10-11,13H2,1-2H3,(H,20,23). The van der Waals surface area contributed by atoms with Gasteiger partial charge in [0.25, 0.3) is 5.91 Å². The molecule has 0 atom stereocenters. The van der Waals surface area contributed by atoms with E-state index in [2.05, 4.69) is 10.0 Å². The van der Waals surface area contributed by atoms with Crippen LogP contribution in [-0.2, 0) is 16.6 Å². The first-order chi connectivity index (χ1) is 12.3. The van der Waals surface area contributed by atoms with E-state index in [-0.39, 0.29) is 23.5 Å². The van der Waals surface area contributed by atoms with Gasteiger partial charge in [0.15, 0.2) is 0 Å². The first kappa shape index (κ1) is 20.0. The molecule has 0 aromatic heterocycles. The number of sulfonamides is 1. The van der Waals surface area contributed by atoms with E-state index in [1.54, 1.807) is 18.2 Å². The highest BCUT2D eigenvalue weighted by molar-refractivity contribution is 7.89. The Kier molecular flexibility index (Phi) is 6.84. The van der Waals surface area contributed by atoms with E-state index in [9.17, 15) is 17.6 Å². The van der Waals surface area contributed by atoms with Crippen LogP contribution in [0, 0.1) is 5.82 Å². The summed E-state index contributed by atoms with van der Waals surface area (Å²) in [7, 11) is -0.0183. The highest BCUT2D eigenvalue weighted by Gasteiger charge is 2.16.